The lowest BCUT2D eigenvalue weighted by Gasteiger charge is -2.26. The zero-order valence-electron chi connectivity index (χ0n) is 14.8. The van der Waals surface area contributed by atoms with Crippen molar-refractivity contribution in [3.63, 3.8) is 0 Å². The molecule has 0 aliphatic rings. The van der Waals surface area contributed by atoms with Crippen molar-refractivity contribution in [1.82, 2.24) is 20.4 Å². The second-order valence-corrected chi connectivity index (χ2v) is 4.96. The fourth-order valence-corrected chi connectivity index (χ4v) is 1.52. The molecule has 0 spiro atoms. The molecule has 0 saturated heterocycles. The Kier molecular flexibility index (Phi) is 13.4. The Bertz CT molecular complexity index is 352. The van der Waals surface area contributed by atoms with Crippen LogP contribution < -0.4 is 10.6 Å². The van der Waals surface area contributed by atoms with Crippen LogP contribution >= 0.6 is 0 Å². The molecule has 6 nitrogen and oxygen atoms in total. The van der Waals surface area contributed by atoms with Gasteiger partial charge in [0.1, 0.15) is 0 Å². The van der Waals surface area contributed by atoms with Crippen LogP contribution in [0.25, 0.3) is 0 Å². The van der Waals surface area contributed by atoms with Gasteiger partial charge in [-0.3, -0.25) is 19.4 Å². The van der Waals surface area contributed by atoms with E-state index in [2.05, 4.69) is 42.5 Å². The first-order chi connectivity index (χ1) is 10.2. The Morgan fingerprint density at radius 3 is 1.59 bits per heavy atom. The molecule has 0 radical (unpaired) electrons. The highest BCUT2D eigenvalue weighted by atomic mass is 16.2. The number of nitrogens with one attached hydrogen (secondary N) is 2. The molecule has 128 valence electrons. The van der Waals surface area contributed by atoms with E-state index >= 15 is 0 Å². The number of amides is 2. The Morgan fingerprint density at radius 1 is 0.955 bits per heavy atom. The van der Waals surface area contributed by atoms with Crippen LogP contribution in [0, 0.1) is 0 Å². The minimum absolute atomic E-state index is 0.0606. The average molecular weight is 312 g/mol. The molecule has 0 aromatic carbocycles. The second-order valence-electron chi connectivity index (χ2n) is 4.96. The molecule has 0 aromatic rings. The van der Waals surface area contributed by atoms with Gasteiger partial charge in [-0.25, -0.2) is 0 Å². The first-order valence-corrected chi connectivity index (χ1v) is 7.49. The van der Waals surface area contributed by atoms with Crippen molar-refractivity contribution in [3.05, 3.63) is 25.3 Å². The molecule has 0 heterocycles. The van der Waals surface area contributed by atoms with Crippen LogP contribution in [0.1, 0.15) is 27.7 Å². The number of rotatable bonds is 8. The van der Waals surface area contributed by atoms with Crippen molar-refractivity contribution < 1.29 is 9.59 Å². The molecule has 0 aromatic heterocycles. The van der Waals surface area contributed by atoms with Gasteiger partial charge in [0.15, 0.2) is 0 Å². The molecule has 0 rings (SSSR count). The highest BCUT2D eigenvalue weighted by Gasteiger charge is 2.10. The van der Waals surface area contributed by atoms with Gasteiger partial charge in [-0.2, -0.15) is 0 Å². The Morgan fingerprint density at radius 2 is 1.32 bits per heavy atom. The van der Waals surface area contributed by atoms with Crippen molar-refractivity contribution in [1.29, 1.82) is 0 Å². The zero-order chi connectivity index (χ0) is 17.7. The van der Waals surface area contributed by atoms with Crippen LogP contribution in [0.15, 0.2) is 25.3 Å². The van der Waals surface area contributed by atoms with E-state index in [1.807, 2.05) is 32.8 Å². The molecule has 2 amide bonds. The van der Waals surface area contributed by atoms with Gasteiger partial charge >= 0.3 is 0 Å². The number of hydrogen-bond donors (Lipinski definition) is 2. The van der Waals surface area contributed by atoms with Crippen molar-refractivity contribution in [3.8, 4) is 0 Å². The van der Waals surface area contributed by atoms with Gasteiger partial charge in [-0.05, 0) is 53.2 Å². The summed E-state index contributed by atoms with van der Waals surface area (Å²) < 4.78 is 0. The standard InChI is InChI=1S/C9H18N2O.C7H14N2O/c1-5-9(12)10-8(4)11(6-2)7-3;1-5-7(10)8-6(2)9(3)4/h5,8H,1,6-7H2,2-4H3,(H,10,12);5-6H,1H2,2-4H3,(H,8,10). The number of carbonyl (C=O) groups is 2. The molecule has 2 N–H and O–H groups in total. The first kappa shape index (κ1) is 22.6. The smallest absolute Gasteiger partial charge is 0.244 e. The number of carbonyl (C=O) groups excluding carboxylic acids is 2. The normalized spacial score (nSPS) is 12.7. The van der Waals surface area contributed by atoms with Gasteiger partial charge in [0.05, 0.1) is 12.3 Å². The highest BCUT2D eigenvalue weighted by molar-refractivity contribution is 5.87. The van der Waals surface area contributed by atoms with Crippen molar-refractivity contribution >= 4 is 11.8 Å². The predicted molar refractivity (Wildman–Crippen MR) is 92.2 cm³/mol. The third-order valence-electron chi connectivity index (χ3n) is 3.21. The van der Waals surface area contributed by atoms with Gasteiger partial charge in [0, 0.05) is 0 Å². The van der Waals surface area contributed by atoms with E-state index in [0.717, 1.165) is 13.1 Å². The van der Waals surface area contributed by atoms with Gasteiger partial charge < -0.3 is 10.6 Å². The predicted octanol–water partition coefficient (Wildman–Crippen LogP) is 1.17. The van der Waals surface area contributed by atoms with Crippen LogP contribution in [-0.2, 0) is 9.59 Å². The zero-order valence-corrected chi connectivity index (χ0v) is 14.8. The molecule has 0 aliphatic carbocycles. The van der Waals surface area contributed by atoms with Crippen molar-refractivity contribution in [2.45, 2.75) is 40.0 Å². The SMILES string of the molecule is C=CC(=O)NC(C)N(C)C.C=CC(=O)NC(C)N(CC)CC. The minimum atomic E-state index is -0.138. The summed E-state index contributed by atoms with van der Waals surface area (Å²) in [4.78, 5) is 25.6. The third kappa shape index (κ3) is 11.0. The van der Waals surface area contributed by atoms with Gasteiger partial charge in [-0.15, -0.1) is 0 Å². The van der Waals surface area contributed by atoms with E-state index in [9.17, 15) is 9.59 Å². The molecule has 6 heteroatoms. The summed E-state index contributed by atoms with van der Waals surface area (Å²) in [6, 6.07) is 0. The molecule has 0 bridgehead atoms. The lowest BCUT2D eigenvalue weighted by Crippen LogP contribution is -2.45. The second kappa shape index (κ2) is 13.0. The summed E-state index contributed by atoms with van der Waals surface area (Å²) in [5.74, 6) is -0.254. The lowest BCUT2D eigenvalue weighted by molar-refractivity contribution is -0.118. The number of nitrogens with zero attached hydrogens (tertiary/aromatic N) is 2. The van der Waals surface area contributed by atoms with E-state index in [0.29, 0.717) is 0 Å². The third-order valence-corrected chi connectivity index (χ3v) is 3.21. The molecular formula is C16H32N4O2. The van der Waals surface area contributed by atoms with Crippen LogP contribution in [0.3, 0.4) is 0 Å². The minimum Gasteiger partial charge on any atom is -0.337 e. The molecule has 2 atom stereocenters. The Hall–Kier alpha value is -1.66. The fourth-order valence-electron chi connectivity index (χ4n) is 1.52. The summed E-state index contributed by atoms with van der Waals surface area (Å²) >= 11 is 0. The van der Waals surface area contributed by atoms with E-state index in [1.54, 1.807) is 0 Å². The molecule has 0 aliphatic heterocycles. The monoisotopic (exact) mass is 312 g/mol. The van der Waals surface area contributed by atoms with Crippen LogP contribution in [0.2, 0.25) is 0 Å². The molecule has 0 saturated carbocycles. The lowest BCUT2D eigenvalue weighted by atomic mass is 10.4. The van der Waals surface area contributed by atoms with Crippen LogP contribution in [-0.4, -0.2) is 61.1 Å². The Balaban J connectivity index is 0. The average Bonchev–Trinajstić information content (AvgIpc) is 2.48. The van der Waals surface area contributed by atoms with Crippen molar-refractivity contribution in [2.75, 3.05) is 27.2 Å². The summed E-state index contributed by atoms with van der Waals surface area (Å²) in [5, 5.41) is 5.50. The van der Waals surface area contributed by atoms with Crippen molar-refractivity contribution in [2.24, 2.45) is 0 Å². The molecule has 2 unspecified atom stereocenters. The maximum atomic E-state index is 10.9. The molecule has 0 fully saturated rings. The summed E-state index contributed by atoms with van der Waals surface area (Å²) in [5.41, 5.74) is 0. The first-order valence-electron chi connectivity index (χ1n) is 7.49. The van der Waals surface area contributed by atoms with Crippen LogP contribution in [0.4, 0.5) is 0 Å². The van der Waals surface area contributed by atoms with E-state index in [4.69, 9.17) is 0 Å². The van der Waals surface area contributed by atoms with E-state index < -0.39 is 0 Å². The summed E-state index contributed by atoms with van der Waals surface area (Å²) in [6.07, 6.45) is 2.70. The van der Waals surface area contributed by atoms with Crippen LogP contribution in [0.5, 0.6) is 0 Å². The number of hydrogen-bond acceptors (Lipinski definition) is 4. The largest absolute Gasteiger partial charge is 0.337 e. The summed E-state index contributed by atoms with van der Waals surface area (Å²) in [7, 11) is 3.79. The van der Waals surface area contributed by atoms with Gasteiger partial charge in [-0.1, -0.05) is 27.0 Å². The quantitative estimate of drug-likeness (QED) is 0.522. The van der Waals surface area contributed by atoms with Gasteiger partial charge in [0.2, 0.25) is 11.8 Å². The highest BCUT2D eigenvalue weighted by Crippen LogP contribution is 1.93. The maximum absolute atomic E-state index is 10.9. The maximum Gasteiger partial charge on any atom is 0.244 e. The summed E-state index contributed by atoms with van der Waals surface area (Å²) in [6.45, 7) is 16.6. The Labute approximate surface area is 135 Å². The van der Waals surface area contributed by atoms with E-state index in [1.165, 1.54) is 12.2 Å². The molecular weight excluding hydrogens is 280 g/mol. The topological polar surface area (TPSA) is 64.7 Å². The van der Waals surface area contributed by atoms with Gasteiger partial charge in [0.25, 0.3) is 0 Å². The fraction of sp³-hybridized carbons (Fsp3) is 0.625. The van der Waals surface area contributed by atoms with E-state index in [-0.39, 0.29) is 24.1 Å². The molecule has 22 heavy (non-hydrogen) atoms.